The van der Waals surface area contributed by atoms with Gasteiger partial charge in [-0.25, -0.2) is 0 Å². The van der Waals surface area contributed by atoms with Crippen LogP contribution in [0.3, 0.4) is 0 Å². The zero-order valence-electron chi connectivity index (χ0n) is 14.4. The molecule has 0 saturated carbocycles. The van der Waals surface area contributed by atoms with E-state index in [0.717, 1.165) is 12.2 Å². The van der Waals surface area contributed by atoms with Crippen molar-refractivity contribution in [3.05, 3.63) is 85.4 Å². The van der Waals surface area contributed by atoms with Gasteiger partial charge in [0.2, 0.25) is 11.8 Å². The van der Waals surface area contributed by atoms with Crippen LogP contribution in [0.15, 0.2) is 68.7 Å². The second kappa shape index (κ2) is 8.49. The Morgan fingerprint density at radius 1 is 0.964 bits per heavy atom. The summed E-state index contributed by atoms with van der Waals surface area (Å²) < 4.78 is 0.671. The molecule has 0 aliphatic rings. The van der Waals surface area contributed by atoms with Crippen molar-refractivity contribution < 1.29 is 9.59 Å². The van der Waals surface area contributed by atoms with Gasteiger partial charge < -0.3 is 20.6 Å². The molecule has 3 aromatic rings. The van der Waals surface area contributed by atoms with Crippen LogP contribution in [-0.2, 0) is 16.1 Å². The van der Waals surface area contributed by atoms with Crippen molar-refractivity contribution in [3.63, 3.8) is 0 Å². The molecule has 9 heteroatoms. The summed E-state index contributed by atoms with van der Waals surface area (Å²) in [6.07, 6.45) is 2.24. The third kappa shape index (κ3) is 4.83. The number of rotatable bonds is 5. The minimum Gasteiger partial charge on any atom is -0.348 e. The highest BCUT2D eigenvalue weighted by molar-refractivity contribution is 9.10. The number of benzene rings is 2. The Bertz CT molecular complexity index is 1180. The Kier molecular flexibility index (Phi) is 5.85. The zero-order chi connectivity index (χ0) is 20.1. The van der Waals surface area contributed by atoms with E-state index in [-0.39, 0.29) is 6.54 Å². The fraction of sp³-hybridized carbons (Fsp3) is 0.0526. The van der Waals surface area contributed by atoms with Gasteiger partial charge in [0.05, 0.1) is 11.0 Å². The van der Waals surface area contributed by atoms with Crippen LogP contribution in [-0.4, -0.2) is 21.8 Å². The molecule has 3 rings (SSSR count). The summed E-state index contributed by atoms with van der Waals surface area (Å²) in [5, 5.41) is 5.26. The first-order valence-corrected chi connectivity index (χ1v) is 8.98. The van der Waals surface area contributed by atoms with Gasteiger partial charge in [0.25, 0.3) is 0 Å². The molecular formula is C19H15BrN4O4. The third-order valence-electron chi connectivity index (χ3n) is 3.76. The van der Waals surface area contributed by atoms with Crippen LogP contribution in [0.1, 0.15) is 5.56 Å². The molecule has 28 heavy (non-hydrogen) atoms. The van der Waals surface area contributed by atoms with Gasteiger partial charge in [-0.3, -0.25) is 19.2 Å². The van der Waals surface area contributed by atoms with Crippen molar-refractivity contribution in [1.29, 1.82) is 0 Å². The van der Waals surface area contributed by atoms with Crippen molar-refractivity contribution >= 4 is 44.5 Å². The van der Waals surface area contributed by atoms with E-state index >= 15 is 0 Å². The van der Waals surface area contributed by atoms with Crippen LogP contribution in [0.25, 0.3) is 11.0 Å². The van der Waals surface area contributed by atoms with Gasteiger partial charge in [-0.05, 0) is 29.8 Å². The van der Waals surface area contributed by atoms with E-state index in [9.17, 15) is 19.2 Å². The van der Waals surface area contributed by atoms with Crippen LogP contribution < -0.4 is 21.8 Å². The molecule has 0 unspecified atom stereocenters. The fourth-order valence-electron chi connectivity index (χ4n) is 2.50. The fourth-order valence-corrected chi connectivity index (χ4v) is 3.00. The average molecular weight is 443 g/mol. The molecular weight excluding hydrogens is 428 g/mol. The van der Waals surface area contributed by atoms with E-state index in [4.69, 9.17) is 0 Å². The first-order chi connectivity index (χ1) is 13.4. The number of fused-ring (bicyclic) bond motifs is 1. The van der Waals surface area contributed by atoms with E-state index < -0.39 is 22.9 Å². The molecule has 0 bridgehead atoms. The first kappa shape index (κ1) is 19.3. The highest BCUT2D eigenvalue weighted by atomic mass is 79.9. The van der Waals surface area contributed by atoms with E-state index in [1.54, 1.807) is 36.4 Å². The SMILES string of the molecule is O=C(/C=C/C(=O)Nc1ccccc1)NCc1cc(Br)cc2[nH]c(=O)c(=O)[nH]c12. The lowest BCUT2D eigenvalue weighted by atomic mass is 10.1. The molecule has 0 atom stereocenters. The third-order valence-corrected chi connectivity index (χ3v) is 4.22. The summed E-state index contributed by atoms with van der Waals surface area (Å²) in [6, 6.07) is 12.2. The largest absolute Gasteiger partial charge is 0.348 e. The van der Waals surface area contributed by atoms with Gasteiger partial charge >= 0.3 is 11.1 Å². The Morgan fingerprint density at radius 2 is 1.64 bits per heavy atom. The molecule has 2 amide bonds. The molecule has 4 N–H and O–H groups in total. The number of para-hydroxylation sites is 1. The lowest BCUT2D eigenvalue weighted by molar-refractivity contribution is -0.117. The molecule has 2 aromatic carbocycles. The number of halogens is 1. The summed E-state index contributed by atoms with van der Waals surface area (Å²) in [4.78, 5) is 51.9. The maximum Gasteiger partial charge on any atom is 0.314 e. The predicted octanol–water partition coefficient (Wildman–Crippen LogP) is 1.79. The molecule has 0 aliphatic heterocycles. The quantitative estimate of drug-likeness (QED) is 0.355. The van der Waals surface area contributed by atoms with Gasteiger partial charge in [0.1, 0.15) is 0 Å². The molecule has 8 nitrogen and oxygen atoms in total. The van der Waals surface area contributed by atoms with Gasteiger partial charge in [0.15, 0.2) is 0 Å². The normalized spacial score (nSPS) is 10.9. The van der Waals surface area contributed by atoms with Crippen molar-refractivity contribution in [1.82, 2.24) is 15.3 Å². The number of anilines is 1. The topological polar surface area (TPSA) is 124 Å². The Labute approximate surface area is 166 Å². The standard InChI is InChI=1S/C19H15BrN4O4/c20-12-8-11(17-14(9-12)23-18(27)19(28)24-17)10-21-15(25)6-7-16(26)22-13-4-2-1-3-5-13/h1-9H,10H2,(H,21,25)(H,22,26)(H,23,27)(H,24,28)/b7-6+. The molecule has 0 spiro atoms. The lowest BCUT2D eigenvalue weighted by Gasteiger charge is -2.08. The van der Waals surface area contributed by atoms with Crippen molar-refractivity contribution in [3.8, 4) is 0 Å². The number of hydrogen-bond donors (Lipinski definition) is 4. The van der Waals surface area contributed by atoms with E-state index in [2.05, 4.69) is 36.5 Å². The number of carbonyl (C=O) groups excluding carboxylic acids is 2. The van der Waals surface area contributed by atoms with Gasteiger partial charge in [0, 0.05) is 28.9 Å². The monoisotopic (exact) mass is 442 g/mol. The molecule has 0 saturated heterocycles. The van der Waals surface area contributed by atoms with Crippen molar-refractivity contribution in [2.24, 2.45) is 0 Å². The van der Waals surface area contributed by atoms with Gasteiger partial charge in [-0.15, -0.1) is 0 Å². The van der Waals surface area contributed by atoms with Crippen molar-refractivity contribution in [2.45, 2.75) is 6.54 Å². The number of H-pyrrole nitrogens is 2. The second-order valence-electron chi connectivity index (χ2n) is 5.80. The first-order valence-electron chi connectivity index (χ1n) is 8.19. The average Bonchev–Trinajstić information content (AvgIpc) is 2.66. The molecule has 1 heterocycles. The van der Waals surface area contributed by atoms with E-state index in [1.807, 2.05) is 6.07 Å². The smallest absolute Gasteiger partial charge is 0.314 e. The summed E-state index contributed by atoms with van der Waals surface area (Å²) in [5.41, 5.74) is 0.525. The lowest BCUT2D eigenvalue weighted by Crippen LogP contribution is -2.29. The maximum absolute atomic E-state index is 12.0. The molecule has 0 aliphatic carbocycles. The number of amides is 2. The molecule has 1 aromatic heterocycles. The number of nitrogens with one attached hydrogen (secondary N) is 4. The maximum atomic E-state index is 12.0. The Morgan fingerprint density at radius 3 is 2.39 bits per heavy atom. The number of carbonyl (C=O) groups is 2. The zero-order valence-corrected chi connectivity index (χ0v) is 16.0. The van der Waals surface area contributed by atoms with Gasteiger partial charge in [-0.1, -0.05) is 34.1 Å². The second-order valence-corrected chi connectivity index (χ2v) is 6.72. The van der Waals surface area contributed by atoms with Crippen molar-refractivity contribution in [2.75, 3.05) is 5.32 Å². The summed E-state index contributed by atoms with van der Waals surface area (Å²) in [6.45, 7) is 0.0847. The number of aromatic amines is 2. The molecule has 0 radical (unpaired) electrons. The minimum atomic E-state index is -0.778. The van der Waals surface area contributed by atoms with Crippen LogP contribution >= 0.6 is 15.9 Å². The highest BCUT2D eigenvalue weighted by Gasteiger charge is 2.08. The van der Waals surface area contributed by atoms with Crippen LogP contribution in [0.4, 0.5) is 5.69 Å². The van der Waals surface area contributed by atoms with Gasteiger partial charge in [-0.2, -0.15) is 0 Å². The Hall–Kier alpha value is -3.46. The van der Waals surface area contributed by atoms with Crippen LogP contribution in [0, 0.1) is 0 Å². The summed E-state index contributed by atoms with van der Waals surface area (Å²) in [5.74, 6) is -0.917. The van der Waals surface area contributed by atoms with E-state index in [0.29, 0.717) is 26.8 Å². The molecule has 0 fully saturated rings. The van der Waals surface area contributed by atoms with Crippen LogP contribution in [0.5, 0.6) is 0 Å². The number of aromatic nitrogens is 2. The summed E-state index contributed by atoms with van der Waals surface area (Å²) >= 11 is 3.32. The highest BCUT2D eigenvalue weighted by Crippen LogP contribution is 2.20. The molecule has 142 valence electrons. The minimum absolute atomic E-state index is 0.0847. The van der Waals surface area contributed by atoms with E-state index in [1.165, 1.54) is 0 Å². The van der Waals surface area contributed by atoms with Crippen LogP contribution in [0.2, 0.25) is 0 Å². The predicted molar refractivity (Wildman–Crippen MR) is 109 cm³/mol. The Balaban J connectivity index is 1.67. The number of hydrogen-bond acceptors (Lipinski definition) is 4. The summed E-state index contributed by atoms with van der Waals surface area (Å²) in [7, 11) is 0.